The molecule has 0 unspecified atom stereocenters. The second-order valence-electron chi connectivity index (χ2n) is 9.71. The number of carbonyl (C=O) groups excluding carboxylic acids is 1. The van der Waals surface area contributed by atoms with Crippen molar-refractivity contribution in [2.24, 2.45) is 5.41 Å². The molecule has 1 aromatic carbocycles. The molecule has 0 spiro atoms. The lowest BCUT2D eigenvalue weighted by atomic mass is 9.90. The zero-order valence-corrected chi connectivity index (χ0v) is 20.2. The number of hydrogen-bond donors (Lipinski definition) is 2. The first-order valence-corrected chi connectivity index (χ1v) is 11.0. The highest BCUT2D eigenvalue weighted by Crippen LogP contribution is 2.32. The lowest BCUT2D eigenvalue weighted by molar-refractivity contribution is -0.146. The van der Waals surface area contributed by atoms with Crippen molar-refractivity contribution in [3.63, 3.8) is 0 Å². The predicted octanol–water partition coefficient (Wildman–Crippen LogP) is 5.60. The van der Waals surface area contributed by atoms with E-state index in [1.807, 2.05) is 12.1 Å². The summed E-state index contributed by atoms with van der Waals surface area (Å²) in [5.41, 5.74) is 3.74. The maximum Gasteiger partial charge on any atom is 0.310 e. The van der Waals surface area contributed by atoms with Gasteiger partial charge in [0.05, 0.1) is 5.41 Å². The summed E-state index contributed by atoms with van der Waals surface area (Å²) in [7, 11) is 0. The first kappa shape index (κ1) is 24.4. The standard InChI is InChI=1S/C26H28ClN3O3/c1-25(2,3)22-12-16(8-9-29-22)18-10-19(14-28-13-18)20-7-6-17(11-21(20)27)23(31)30-15-26(4,5)24(32)33/h6-14H,15H2,1-5H3,(H,30,31)(H,32,33). The third kappa shape index (κ3) is 5.76. The second-order valence-corrected chi connectivity index (χ2v) is 10.1. The largest absolute Gasteiger partial charge is 0.481 e. The Morgan fingerprint density at radius 3 is 2.30 bits per heavy atom. The van der Waals surface area contributed by atoms with Crippen LogP contribution in [0.15, 0.2) is 55.0 Å². The average Bonchev–Trinajstić information content (AvgIpc) is 2.77. The van der Waals surface area contributed by atoms with Gasteiger partial charge in [0.15, 0.2) is 0 Å². The van der Waals surface area contributed by atoms with E-state index in [9.17, 15) is 14.7 Å². The molecule has 33 heavy (non-hydrogen) atoms. The topological polar surface area (TPSA) is 92.2 Å². The van der Waals surface area contributed by atoms with Gasteiger partial charge in [-0.25, -0.2) is 0 Å². The van der Waals surface area contributed by atoms with Crippen LogP contribution in [0.1, 0.15) is 50.7 Å². The van der Waals surface area contributed by atoms with Crippen LogP contribution in [-0.2, 0) is 10.2 Å². The number of carbonyl (C=O) groups is 2. The van der Waals surface area contributed by atoms with Crippen LogP contribution in [0.2, 0.25) is 5.02 Å². The molecule has 172 valence electrons. The third-order valence-corrected chi connectivity index (χ3v) is 5.72. The molecule has 0 radical (unpaired) electrons. The molecule has 0 aliphatic rings. The summed E-state index contributed by atoms with van der Waals surface area (Å²) in [6, 6.07) is 11.0. The van der Waals surface area contributed by atoms with Crippen molar-refractivity contribution in [2.45, 2.75) is 40.0 Å². The number of amides is 1. The lowest BCUT2D eigenvalue weighted by Crippen LogP contribution is -2.38. The zero-order valence-electron chi connectivity index (χ0n) is 19.4. The van der Waals surface area contributed by atoms with Crippen LogP contribution in [0, 0.1) is 5.41 Å². The summed E-state index contributed by atoms with van der Waals surface area (Å²) in [4.78, 5) is 32.6. The summed E-state index contributed by atoms with van der Waals surface area (Å²) in [6.07, 6.45) is 5.32. The van der Waals surface area contributed by atoms with E-state index in [4.69, 9.17) is 11.6 Å². The molecular weight excluding hydrogens is 438 g/mol. The average molecular weight is 466 g/mol. The van der Waals surface area contributed by atoms with Crippen molar-refractivity contribution in [2.75, 3.05) is 6.54 Å². The highest BCUT2D eigenvalue weighted by Gasteiger charge is 2.27. The van der Waals surface area contributed by atoms with Crippen LogP contribution >= 0.6 is 11.6 Å². The Morgan fingerprint density at radius 2 is 1.67 bits per heavy atom. The summed E-state index contributed by atoms with van der Waals surface area (Å²) in [5.74, 6) is -1.36. The Labute approximate surface area is 199 Å². The highest BCUT2D eigenvalue weighted by molar-refractivity contribution is 6.33. The minimum absolute atomic E-state index is 0.00892. The predicted molar refractivity (Wildman–Crippen MR) is 130 cm³/mol. The number of benzene rings is 1. The first-order chi connectivity index (χ1) is 15.4. The van der Waals surface area contributed by atoms with Crippen molar-refractivity contribution in [1.29, 1.82) is 0 Å². The monoisotopic (exact) mass is 465 g/mol. The van der Waals surface area contributed by atoms with Gasteiger partial charge in [0, 0.05) is 63.5 Å². The van der Waals surface area contributed by atoms with Crippen molar-refractivity contribution in [1.82, 2.24) is 15.3 Å². The van der Waals surface area contributed by atoms with E-state index in [1.54, 1.807) is 50.6 Å². The number of aromatic nitrogens is 2. The van der Waals surface area contributed by atoms with Crippen LogP contribution in [0.5, 0.6) is 0 Å². The van der Waals surface area contributed by atoms with Crippen LogP contribution in [0.4, 0.5) is 0 Å². The van der Waals surface area contributed by atoms with E-state index < -0.39 is 11.4 Å². The summed E-state index contributed by atoms with van der Waals surface area (Å²) in [6.45, 7) is 9.47. The Hall–Kier alpha value is -3.25. The van der Waals surface area contributed by atoms with Crippen molar-refractivity contribution in [3.05, 3.63) is 71.3 Å². The number of nitrogens with one attached hydrogen (secondary N) is 1. The van der Waals surface area contributed by atoms with Crippen molar-refractivity contribution >= 4 is 23.5 Å². The van der Waals surface area contributed by atoms with Crippen LogP contribution < -0.4 is 5.32 Å². The molecule has 0 atom stereocenters. The second kappa shape index (κ2) is 9.32. The van der Waals surface area contributed by atoms with Crippen LogP contribution in [0.25, 0.3) is 22.3 Å². The number of halogens is 1. The van der Waals surface area contributed by atoms with E-state index in [0.717, 1.165) is 27.9 Å². The molecule has 7 heteroatoms. The fraction of sp³-hybridized carbons (Fsp3) is 0.308. The molecule has 0 saturated carbocycles. The molecule has 2 aromatic heterocycles. The molecule has 0 fully saturated rings. The van der Waals surface area contributed by atoms with E-state index in [-0.39, 0.29) is 17.9 Å². The quantitative estimate of drug-likeness (QED) is 0.494. The molecule has 3 rings (SSSR count). The first-order valence-electron chi connectivity index (χ1n) is 10.6. The Kier molecular flexibility index (Phi) is 6.89. The Morgan fingerprint density at radius 1 is 0.970 bits per heavy atom. The van der Waals surface area contributed by atoms with Gasteiger partial charge in [0.2, 0.25) is 0 Å². The van der Waals surface area contributed by atoms with Gasteiger partial charge >= 0.3 is 5.97 Å². The molecule has 2 heterocycles. The molecule has 3 aromatic rings. The lowest BCUT2D eigenvalue weighted by Gasteiger charge is -2.19. The Bertz CT molecular complexity index is 1200. The van der Waals surface area contributed by atoms with E-state index >= 15 is 0 Å². The minimum Gasteiger partial charge on any atom is -0.481 e. The number of rotatable bonds is 6. The van der Waals surface area contributed by atoms with Crippen LogP contribution in [0.3, 0.4) is 0 Å². The van der Waals surface area contributed by atoms with Crippen molar-refractivity contribution in [3.8, 4) is 22.3 Å². The molecule has 0 bridgehead atoms. The molecular formula is C26H28ClN3O3. The van der Waals surface area contributed by atoms with Gasteiger partial charge in [-0.05, 0) is 49.7 Å². The number of hydrogen-bond acceptors (Lipinski definition) is 4. The number of nitrogens with zero attached hydrogens (tertiary/aromatic N) is 2. The smallest absolute Gasteiger partial charge is 0.310 e. The zero-order chi connectivity index (χ0) is 24.4. The summed E-state index contributed by atoms with van der Waals surface area (Å²) >= 11 is 6.52. The third-order valence-electron chi connectivity index (χ3n) is 5.41. The van der Waals surface area contributed by atoms with Crippen LogP contribution in [-0.4, -0.2) is 33.5 Å². The molecule has 6 nitrogen and oxygen atoms in total. The summed E-state index contributed by atoms with van der Waals surface area (Å²) in [5, 5.41) is 12.3. The highest BCUT2D eigenvalue weighted by atomic mass is 35.5. The fourth-order valence-electron chi connectivity index (χ4n) is 3.13. The SMILES string of the molecule is CC(C)(CNC(=O)c1ccc(-c2cncc(-c3ccnc(C(C)(C)C)c3)c2)c(Cl)c1)C(=O)O. The summed E-state index contributed by atoms with van der Waals surface area (Å²) < 4.78 is 0. The molecule has 0 saturated heterocycles. The maximum atomic E-state index is 12.5. The van der Waals surface area contributed by atoms with E-state index in [2.05, 4.69) is 42.1 Å². The van der Waals surface area contributed by atoms with Gasteiger partial charge in [0.25, 0.3) is 5.91 Å². The van der Waals surface area contributed by atoms with Gasteiger partial charge in [-0.1, -0.05) is 38.4 Å². The minimum atomic E-state index is -1.06. The fourth-order valence-corrected chi connectivity index (χ4v) is 3.42. The van der Waals surface area contributed by atoms with Gasteiger partial charge in [0.1, 0.15) is 0 Å². The molecule has 0 aliphatic heterocycles. The number of aliphatic carboxylic acids is 1. The van der Waals surface area contributed by atoms with E-state index in [1.165, 1.54) is 0 Å². The van der Waals surface area contributed by atoms with Gasteiger partial charge < -0.3 is 10.4 Å². The number of pyridine rings is 2. The molecule has 2 N–H and O–H groups in total. The number of carboxylic acids is 1. The van der Waals surface area contributed by atoms with Crippen molar-refractivity contribution < 1.29 is 14.7 Å². The number of carboxylic acid groups (broad SMARTS) is 1. The van der Waals surface area contributed by atoms with Gasteiger partial charge in [-0.3, -0.25) is 19.6 Å². The molecule has 1 amide bonds. The maximum absolute atomic E-state index is 12.5. The van der Waals surface area contributed by atoms with Gasteiger partial charge in [-0.2, -0.15) is 0 Å². The van der Waals surface area contributed by atoms with E-state index in [0.29, 0.717) is 10.6 Å². The normalized spacial score (nSPS) is 11.8. The van der Waals surface area contributed by atoms with Gasteiger partial charge in [-0.15, -0.1) is 0 Å². The molecule has 0 aliphatic carbocycles. The Balaban J connectivity index is 1.85.